The van der Waals surface area contributed by atoms with Crippen molar-refractivity contribution in [2.45, 2.75) is 45.6 Å². The number of carbonyl (C=O) groups is 1. The van der Waals surface area contributed by atoms with Gasteiger partial charge in [0.1, 0.15) is 0 Å². The average molecular weight is 309 g/mol. The maximum atomic E-state index is 12.4. The van der Waals surface area contributed by atoms with Crippen LogP contribution in [0.3, 0.4) is 0 Å². The number of carbonyl (C=O) groups excluding carboxylic acids is 1. The van der Waals surface area contributed by atoms with E-state index in [9.17, 15) is 9.59 Å². The quantitative estimate of drug-likeness (QED) is 0.737. The smallest absolute Gasteiger partial charge is 0.259 e. The lowest BCUT2D eigenvalue weighted by atomic mass is 10.0. The largest absolute Gasteiger partial charge is 0.321 e. The Morgan fingerprint density at radius 1 is 1.26 bits per heavy atom. The normalized spacial score (nSPS) is 15.7. The van der Waals surface area contributed by atoms with Gasteiger partial charge < -0.3 is 4.98 Å². The molecule has 1 aromatic carbocycles. The Morgan fingerprint density at radius 3 is 2.70 bits per heavy atom. The van der Waals surface area contributed by atoms with Gasteiger partial charge in [0.15, 0.2) is 5.78 Å². The van der Waals surface area contributed by atoms with Gasteiger partial charge in [0.25, 0.3) is 5.56 Å². The first kappa shape index (κ1) is 14.2. The van der Waals surface area contributed by atoms with E-state index < -0.39 is 0 Å². The molecule has 1 aliphatic rings. The Hall–Kier alpha value is -2.43. The number of fused-ring (bicyclic) bond motifs is 3. The summed E-state index contributed by atoms with van der Waals surface area (Å²) in [4.78, 5) is 27.2. The first-order valence-corrected chi connectivity index (χ1v) is 8.11. The van der Waals surface area contributed by atoms with E-state index in [-0.39, 0.29) is 11.3 Å². The van der Waals surface area contributed by atoms with Gasteiger partial charge in [-0.1, -0.05) is 12.8 Å². The number of pyridine rings is 1. The molecule has 23 heavy (non-hydrogen) atoms. The molecule has 0 unspecified atom stereocenters. The zero-order valence-corrected chi connectivity index (χ0v) is 13.3. The second-order valence-corrected chi connectivity index (χ2v) is 6.51. The van der Waals surface area contributed by atoms with E-state index in [2.05, 4.69) is 10.1 Å². The van der Waals surface area contributed by atoms with Gasteiger partial charge in [-0.3, -0.25) is 14.3 Å². The third-order valence-electron chi connectivity index (χ3n) is 4.96. The number of nitrogens with zero attached hydrogens (tertiary/aromatic N) is 2. The van der Waals surface area contributed by atoms with E-state index in [1.54, 1.807) is 13.1 Å². The topological polar surface area (TPSA) is 67.8 Å². The van der Waals surface area contributed by atoms with E-state index in [0.29, 0.717) is 17.0 Å². The monoisotopic (exact) mass is 309 g/mol. The second kappa shape index (κ2) is 5.05. The SMILES string of the molecule is CC(=O)c1cc2c(cc1C)[nH]c(=O)c1cnn(C3CCCC3)c12. The summed E-state index contributed by atoms with van der Waals surface area (Å²) in [7, 11) is 0. The first-order chi connectivity index (χ1) is 11.1. The third-order valence-corrected chi connectivity index (χ3v) is 4.96. The van der Waals surface area contributed by atoms with Gasteiger partial charge in [-0.05, 0) is 44.4 Å². The molecule has 3 aromatic rings. The molecule has 1 saturated carbocycles. The van der Waals surface area contributed by atoms with E-state index in [0.717, 1.165) is 34.8 Å². The molecule has 1 N–H and O–H groups in total. The highest BCUT2D eigenvalue weighted by Gasteiger charge is 2.22. The second-order valence-electron chi connectivity index (χ2n) is 6.51. The van der Waals surface area contributed by atoms with Crippen LogP contribution in [0.2, 0.25) is 0 Å². The summed E-state index contributed by atoms with van der Waals surface area (Å²) in [5.74, 6) is 0.0377. The van der Waals surface area contributed by atoms with Crippen molar-refractivity contribution in [2.24, 2.45) is 0 Å². The minimum atomic E-state index is -0.119. The molecule has 0 bridgehead atoms. The number of benzene rings is 1. The van der Waals surface area contributed by atoms with E-state index in [1.165, 1.54) is 12.8 Å². The van der Waals surface area contributed by atoms with Crippen molar-refractivity contribution in [1.82, 2.24) is 14.8 Å². The van der Waals surface area contributed by atoms with Gasteiger partial charge in [-0.25, -0.2) is 0 Å². The summed E-state index contributed by atoms with van der Waals surface area (Å²) in [5.41, 5.74) is 3.09. The zero-order chi connectivity index (χ0) is 16.1. The summed E-state index contributed by atoms with van der Waals surface area (Å²) in [5, 5.41) is 6.00. The Bertz CT molecular complexity index is 991. The van der Waals surface area contributed by atoms with Crippen molar-refractivity contribution in [3.05, 3.63) is 39.8 Å². The highest BCUT2D eigenvalue weighted by atomic mass is 16.1. The number of rotatable bonds is 2. The lowest BCUT2D eigenvalue weighted by molar-refractivity contribution is 0.101. The minimum Gasteiger partial charge on any atom is -0.321 e. The molecule has 1 aliphatic carbocycles. The van der Waals surface area contributed by atoms with Crippen LogP contribution in [0.25, 0.3) is 21.8 Å². The molecule has 0 saturated heterocycles. The number of nitrogens with one attached hydrogen (secondary N) is 1. The van der Waals surface area contributed by atoms with Gasteiger partial charge >= 0.3 is 0 Å². The van der Waals surface area contributed by atoms with Crippen molar-refractivity contribution in [3.8, 4) is 0 Å². The highest BCUT2D eigenvalue weighted by Crippen LogP contribution is 2.33. The number of aromatic amines is 1. The molecular formula is C18H19N3O2. The van der Waals surface area contributed by atoms with Gasteiger partial charge in [0.2, 0.25) is 0 Å². The fourth-order valence-electron chi connectivity index (χ4n) is 3.80. The Balaban J connectivity index is 2.12. The van der Waals surface area contributed by atoms with Crippen LogP contribution in [-0.2, 0) is 0 Å². The highest BCUT2D eigenvalue weighted by molar-refractivity contribution is 6.07. The summed E-state index contributed by atoms with van der Waals surface area (Å²) >= 11 is 0. The number of aryl methyl sites for hydroxylation is 1. The standard InChI is InChI=1S/C18H19N3O2/c1-10-7-16-14(8-13(10)11(2)22)17-15(18(23)20-16)9-19-21(17)12-5-3-4-6-12/h7-9,12H,3-6H2,1-2H3,(H,20,23). The number of H-pyrrole nitrogens is 1. The van der Waals surface area contributed by atoms with Crippen molar-refractivity contribution in [3.63, 3.8) is 0 Å². The number of hydrogen-bond acceptors (Lipinski definition) is 3. The molecule has 0 amide bonds. The molecule has 1 fully saturated rings. The molecule has 0 aliphatic heterocycles. The van der Waals surface area contributed by atoms with Gasteiger partial charge in [0.05, 0.1) is 28.7 Å². The molecule has 2 heterocycles. The van der Waals surface area contributed by atoms with Crippen LogP contribution in [0.4, 0.5) is 0 Å². The molecule has 118 valence electrons. The van der Waals surface area contributed by atoms with E-state index >= 15 is 0 Å². The lowest BCUT2D eigenvalue weighted by Crippen LogP contribution is -2.10. The van der Waals surface area contributed by atoms with E-state index in [4.69, 9.17) is 0 Å². The van der Waals surface area contributed by atoms with Crippen molar-refractivity contribution >= 4 is 27.6 Å². The van der Waals surface area contributed by atoms with Crippen LogP contribution in [-0.4, -0.2) is 20.5 Å². The maximum absolute atomic E-state index is 12.4. The number of hydrogen-bond donors (Lipinski definition) is 1. The molecule has 5 nitrogen and oxygen atoms in total. The van der Waals surface area contributed by atoms with Crippen LogP contribution in [0.5, 0.6) is 0 Å². The molecule has 5 heteroatoms. The fraction of sp³-hybridized carbons (Fsp3) is 0.389. The zero-order valence-electron chi connectivity index (χ0n) is 13.3. The number of Topliss-reactive ketones (excluding diaryl/α,β-unsaturated/α-hetero) is 1. The van der Waals surface area contributed by atoms with Gasteiger partial charge in [-0.2, -0.15) is 5.10 Å². The summed E-state index contributed by atoms with van der Waals surface area (Å²) in [6.07, 6.45) is 6.24. The predicted molar refractivity (Wildman–Crippen MR) is 90.1 cm³/mol. The predicted octanol–water partition coefficient (Wildman–Crippen LogP) is 3.50. The Labute approximate surface area is 133 Å². The van der Waals surface area contributed by atoms with Crippen molar-refractivity contribution in [1.29, 1.82) is 0 Å². The molecular weight excluding hydrogens is 290 g/mol. The molecule has 2 aromatic heterocycles. The minimum absolute atomic E-state index is 0.0377. The van der Waals surface area contributed by atoms with Crippen molar-refractivity contribution < 1.29 is 4.79 Å². The average Bonchev–Trinajstić information content (AvgIpc) is 3.15. The van der Waals surface area contributed by atoms with Crippen LogP contribution < -0.4 is 5.56 Å². The van der Waals surface area contributed by atoms with Crippen LogP contribution in [0.15, 0.2) is 23.1 Å². The fourth-order valence-corrected chi connectivity index (χ4v) is 3.80. The number of aromatic nitrogens is 3. The summed E-state index contributed by atoms with van der Waals surface area (Å²) < 4.78 is 2.00. The van der Waals surface area contributed by atoms with Crippen LogP contribution >= 0.6 is 0 Å². The number of ketones is 1. The summed E-state index contributed by atoms with van der Waals surface area (Å²) in [6, 6.07) is 4.14. The maximum Gasteiger partial charge on any atom is 0.259 e. The van der Waals surface area contributed by atoms with Crippen molar-refractivity contribution in [2.75, 3.05) is 0 Å². The lowest BCUT2D eigenvalue weighted by Gasteiger charge is -2.13. The third kappa shape index (κ3) is 2.11. The first-order valence-electron chi connectivity index (χ1n) is 8.11. The Kier molecular flexibility index (Phi) is 3.11. The molecule has 0 radical (unpaired) electrons. The summed E-state index contributed by atoms with van der Waals surface area (Å²) in [6.45, 7) is 3.47. The van der Waals surface area contributed by atoms with Crippen LogP contribution in [0.1, 0.15) is 54.6 Å². The van der Waals surface area contributed by atoms with Gasteiger partial charge in [-0.15, -0.1) is 0 Å². The van der Waals surface area contributed by atoms with Gasteiger partial charge in [0, 0.05) is 10.9 Å². The van der Waals surface area contributed by atoms with Crippen LogP contribution in [0, 0.1) is 6.92 Å². The molecule has 4 rings (SSSR count). The molecule has 0 atom stereocenters. The molecule has 0 spiro atoms. The Morgan fingerprint density at radius 2 is 2.00 bits per heavy atom. The van der Waals surface area contributed by atoms with E-state index in [1.807, 2.05) is 23.7 Å².